The van der Waals surface area contributed by atoms with Crippen molar-refractivity contribution >= 4 is 40.1 Å². The van der Waals surface area contributed by atoms with E-state index in [0.717, 1.165) is 15.4 Å². The number of nitrogens with zero attached hydrogens (tertiary/aromatic N) is 2. The summed E-state index contributed by atoms with van der Waals surface area (Å²) in [6.45, 7) is 5.64. The summed E-state index contributed by atoms with van der Waals surface area (Å²) in [6, 6.07) is 12.5. The van der Waals surface area contributed by atoms with Crippen LogP contribution >= 0.6 is 0 Å². The van der Waals surface area contributed by atoms with E-state index in [1.165, 1.54) is 24.3 Å². The summed E-state index contributed by atoms with van der Waals surface area (Å²) < 4.78 is 0. The van der Waals surface area contributed by atoms with E-state index in [4.69, 9.17) is 5.73 Å². The zero-order valence-corrected chi connectivity index (χ0v) is 20.4. The van der Waals surface area contributed by atoms with E-state index < -0.39 is 35.1 Å². The zero-order valence-electron chi connectivity index (χ0n) is 20.4. The lowest BCUT2D eigenvalue weighted by molar-refractivity contribution is 0.0281. The number of amides is 4. The first-order valence-electron chi connectivity index (χ1n) is 11.9. The molecule has 1 unspecified atom stereocenters. The molecule has 0 saturated heterocycles. The molecule has 0 saturated carbocycles. The SMILES string of the molecule is CC(C)(C)C(CO)N1C(=O)c2ccc3c4c(ccc(c24)C1=O)C(=O)N(c1ccc(CCN)cc1)C3=O. The number of carbonyl (C=O) groups is 4. The van der Waals surface area contributed by atoms with Crippen LogP contribution in [0.3, 0.4) is 0 Å². The van der Waals surface area contributed by atoms with Crippen molar-refractivity contribution in [3.63, 3.8) is 0 Å². The summed E-state index contributed by atoms with van der Waals surface area (Å²) >= 11 is 0. The summed E-state index contributed by atoms with van der Waals surface area (Å²) in [5.74, 6) is -2.15. The van der Waals surface area contributed by atoms with Crippen LogP contribution in [-0.4, -0.2) is 52.8 Å². The fourth-order valence-electron chi connectivity index (χ4n) is 5.13. The molecule has 2 aliphatic heterocycles. The minimum Gasteiger partial charge on any atom is -0.394 e. The van der Waals surface area contributed by atoms with Gasteiger partial charge in [-0.1, -0.05) is 32.9 Å². The second-order valence-corrected chi connectivity index (χ2v) is 10.3. The Kier molecular flexibility index (Phi) is 5.54. The lowest BCUT2D eigenvalue weighted by atomic mass is 9.82. The number of benzene rings is 3. The number of hydrogen-bond acceptors (Lipinski definition) is 6. The highest BCUT2D eigenvalue weighted by Gasteiger charge is 2.44. The Morgan fingerprint density at radius 1 is 0.750 bits per heavy atom. The molecule has 5 rings (SSSR count). The van der Waals surface area contributed by atoms with Crippen molar-refractivity contribution in [2.24, 2.45) is 11.1 Å². The fourth-order valence-corrected chi connectivity index (χ4v) is 5.13. The molecule has 0 aromatic heterocycles. The van der Waals surface area contributed by atoms with Crippen LogP contribution < -0.4 is 10.6 Å². The van der Waals surface area contributed by atoms with Gasteiger partial charge in [-0.25, -0.2) is 4.90 Å². The number of hydrogen-bond donors (Lipinski definition) is 2. The number of anilines is 1. The van der Waals surface area contributed by atoms with E-state index >= 15 is 0 Å². The third-order valence-electron chi connectivity index (χ3n) is 7.04. The molecule has 0 bridgehead atoms. The van der Waals surface area contributed by atoms with Crippen molar-refractivity contribution < 1.29 is 24.3 Å². The molecule has 0 aliphatic carbocycles. The number of imide groups is 2. The van der Waals surface area contributed by atoms with E-state index in [2.05, 4.69) is 0 Å². The summed E-state index contributed by atoms with van der Waals surface area (Å²) in [7, 11) is 0. The molecule has 2 aliphatic rings. The van der Waals surface area contributed by atoms with E-state index in [9.17, 15) is 24.3 Å². The summed E-state index contributed by atoms with van der Waals surface area (Å²) in [5, 5.41) is 10.7. The van der Waals surface area contributed by atoms with Crippen LogP contribution in [-0.2, 0) is 6.42 Å². The van der Waals surface area contributed by atoms with Gasteiger partial charge in [0.05, 0.1) is 18.3 Å². The van der Waals surface area contributed by atoms with Crippen molar-refractivity contribution in [2.75, 3.05) is 18.1 Å². The Morgan fingerprint density at radius 3 is 1.58 bits per heavy atom. The van der Waals surface area contributed by atoms with Crippen molar-refractivity contribution in [3.8, 4) is 0 Å². The van der Waals surface area contributed by atoms with Gasteiger partial charge in [0.15, 0.2) is 0 Å². The molecule has 3 aromatic rings. The molecule has 4 amide bonds. The Labute approximate surface area is 208 Å². The highest BCUT2D eigenvalue weighted by atomic mass is 16.3. The second kappa shape index (κ2) is 8.36. The van der Waals surface area contributed by atoms with E-state index in [0.29, 0.717) is 29.4 Å². The monoisotopic (exact) mass is 485 g/mol. The molecule has 2 heterocycles. The Bertz CT molecular complexity index is 1380. The first kappa shape index (κ1) is 23.8. The minimum atomic E-state index is -0.742. The molecule has 36 heavy (non-hydrogen) atoms. The molecule has 184 valence electrons. The third kappa shape index (κ3) is 3.37. The van der Waals surface area contributed by atoms with Crippen LogP contribution in [0.25, 0.3) is 10.8 Å². The standard InChI is InChI=1S/C28H27N3O5/c1-28(2,3)21(14-32)31-26(35)19-10-8-17-22-18(9-11-20(23(19)22)27(31)36)25(34)30(24(17)33)16-6-4-15(5-7-16)12-13-29/h4-11,21,32H,12-14,29H2,1-3H3. The van der Waals surface area contributed by atoms with E-state index in [-0.39, 0.29) is 28.9 Å². The molecule has 8 heteroatoms. The predicted molar refractivity (Wildman–Crippen MR) is 135 cm³/mol. The quantitative estimate of drug-likeness (QED) is 0.536. The maximum Gasteiger partial charge on any atom is 0.265 e. The lowest BCUT2D eigenvalue weighted by Crippen LogP contribution is -2.54. The van der Waals surface area contributed by atoms with Gasteiger partial charge in [-0.2, -0.15) is 0 Å². The van der Waals surface area contributed by atoms with Crippen LogP contribution in [0.5, 0.6) is 0 Å². The van der Waals surface area contributed by atoms with Crippen molar-refractivity contribution in [3.05, 3.63) is 76.3 Å². The van der Waals surface area contributed by atoms with Crippen LogP contribution in [0.1, 0.15) is 67.8 Å². The molecule has 1 atom stereocenters. The number of nitrogens with two attached hydrogens (primary N) is 1. The molecular formula is C28H27N3O5. The summed E-state index contributed by atoms with van der Waals surface area (Å²) in [6.07, 6.45) is 0.682. The number of aliphatic hydroxyl groups is 1. The fraction of sp³-hybridized carbons (Fsp3) is 0.286. The summed E-state index contributed by atoms with van der Waals surface area (Å²) in [5.41, 5.74) is 7.44. The summed E-state index contributed by atoms with van der Waals surface area (Å²) in [4.78, 5) is 56.3. The predicted octanol–water partition coefficient (Wildman–Crippen LogP) is 3.14. The van der Waals surface area contributed by atoms with Crippen LogP contribution in [0.2, 0.25) is 0 Å². The van der Waals surface area contributed by atoms with Gasteiger partial charge >= 0.3 is 0 Å². The maximum atomic E-state index is 13.5. The van der Waals surface area contributed by atoms with Crippen molar-refractivity contribution in [1.29, 1.82) is 0 Å². The van der Waals surface area contributed by atoms with E-state index in [1.807, 2.05) is 32.9 Å². The zero-order chi connectivity index (χ0) is 25.9. The minimum absolute atomic E-state index is 0.230. The smallest absolute Gasteiger partial charge is 0.265 e. The average Bonchev–Trinajstić information content (AvgIpc) is 2.84. The Hall–Kier alpha value is -3.88. The molecule has 0 radical (unpaired) electrons. The van der Waals surface area contributed by atoms with E-state index in [1.54, 1.807) is 12.1 Å². The highest BCUT2D eigenvalue weighted by molar-refractivity contribution is 6.39. The molecule has 0 fully saturated rings. The van der Waals surface area contributed by atoms with Crippen LogP contribution in [0.15, 0.2) is 48.5 Å². The number of aliphatic hydroxyl groups excluding tert-OH is 1. The molecule has 8 nitrogen and oxygen atoms in total. The van der Waals surface area contributed by atoms with Gasteiger partial charge in [-0.05, 0) is 60.3 Å². The van der Waals surface area contributed by atoms with Crippen molar-refractivity contribution in [2.45, 2.75) is 33.2 Å². The Balaban J connectivity index is 1.65. The average molecular weight is 486 g/mol. The largest absolute Gasteiger partial charge is 0.394 e. The van der Waals surface area contributed by atoms with Crippen molar-refractivity contribution in [1.82, 2.24) is 4.90 Å². The lowest BCUT2D eigenvalue weighted by Gasteiger charge is -2.40. The third-order valence-corrected chi connectivity index (χ3v) is 7.04. The molecule has 3 N–H and O–H groups in total. The second-order valence-electron chi connectivity index (χ2n) is 10.3. The number of rotatable bonds is 5. The van der Waals surface area contributed by atoms with Gasteiger partial charge in [0.1, 0.15) is 0 Å². The number of carbonyl (C=O) groups excluding carboxylic acids is 4. The molecule has 0 spiro atoms. The molecule has 3 aromatic carbocycles. The normalized spacial score (nSPS) is 16.2. The first-order valence-corrected chi connectivity index (χ1v) is 11.9. The topological polar surface area (TPSA) is 121 Å². The first-order chi connectivity index (χ1) is 17.1. The van der Waals surface area contributed by atoms with Crippen LogP contribution in [0.4, 0.5) is 5.69 Å². The van der Waals surface area contributed by atoms with Gasteiger partial charge in [-0.15, -0.1) is 0 Å². The molecular weight excluding hydrogens is 458 g/mol. The van der Waals surface area contributed by atoms with Crippen LogP contribution in [0, 0.1) is 5.41 Å². The Morgan fingerprint density at radius 2 is 1.19 bits per heavy atom. The maximum absolute atomic E-state index is 13.5. The van der Waals surface area contributed by atoms with Gasteiger partial charge in [0.2, 0.25) is 0 Å². The van der Waals surface area contributed by atoms with Gasteiger partial charge in [0.25, 0.3) is 23.6 Å². The van der Waals surface area contributed by atoms with Gasteiger partial charge < -0.3 is 10.8 Å². The van der Waals surface area contributed by atoms with Gasteiger partial charge in [-0.3, -0.25) is 24.1 Å². The van der Waals surface area contributed by atoms with Gasteiger partial charge in [0, 0.05) is 33.0 Å². The highest BCUT2D eigenvalue weighted by Crippen LogP contribution is 2.40.